The van der Waals surface area contributed by atoms with Crippen molar-refractivity contribution >= 4 is 23.2 Å². The molecule has 0 aliphatic carbocycles. The van der Waals surface area contributed by atoms with Crippen LogP contribution >= 0.6 is 11.3 Å². The van der Waals surface area contributed by atoms with Crippen LogP contribution in [0.5, 0.6) is 0 Å². The highest BCUT2D eigenvalue weighted by Gasteiger charge is 2.18. The Morgan fingerprint density at radius 2 is 2.11 bits per heavy atom. The molecule has 1 unspecified atom stereocenters. The number of rotatable bonds is 6. The normalized spacial score (nSPS) is 12.2. The maximum atomic E-state index is 11.7. The molecule has 1 heterocycles. The van der Waals surface area contributed by atoms with E-state index in [-0.39, 0.29) is 11.9 Å². The fourth-order valence-electron chi connectivity index (χ4n) is 1.25. The lowest BCUT2D eigenvalue weighted by Crippen LogP contribution is -2.39. The van der Waals surface area contributed by atoms with E-state index in [9.17, 15) is 9.59 Å². The van der Waals surface area contributed by atoms with Crippen molar-refractivity contribution in [3.8, 4) is 0 Å². The minimum absolute atomic E-state index is 0.238. The molecule has 5 heteroatoms. The molecule has 18 heavy (non-hydrogen) atoms. The first kappa shape index (κ1) is 14.7. The summed E-state index contributed by atoms with van der Waals surface area (Å²) in [6.45, 7) is 6.16. The Labute approximate surface area is 111 Å². The standard InChI is InChI=1S/C13H19NO3S/c1-9(2)6-7-17-13(16)10(3)14-12(15)11-5-4-8-18-11/h4-5,8-10H,6-7H2,1-3H3,(H,14,15). The molecule has 1 N–H and O–H groups in total. The number of esters is 1. The van der Waals surface area contributed by atoms with Crippen LogP contribution in [0.3, 0.4) is 0 Å². The summed E-state index contributed by atoms with van der Waals surface area (Å²) in [5, 5.41) is 4.44. The summed E-state index contributed by atoms with van der Waals surface area (Å²) in [6.07, 6.45) is 0.831. The smallest absolute Gasteiger partial charge is 0.328 e. The van der Waals surface area contributed by atoms with E-state index in [2.05, 4.69) is 19.2 Å². The van der Waals surface area contributed by atoms with E-state index in [0.29, 0.717) is 17.4 Å². The molecule has 100 valence electrons. The Morgan fingerprint density at radius 3 is 2.67 bits per heavy atom. The predicted molar refractivity (Wildman–Crippen MR) is 71.7 cm³/mol. The van der Waals surface area contributed by atoms with E-state index in [4.69, 9.17) is 4.74 Å². The van der Waals surface area contributed by atoms with Crippen LogP contribution < -0.4 is 5.32 Å². The number of hydrogen-bond donors (Lipinski definition) is 1. The van der Waals surface area contributed by atoms with Crippen LogP contribution in [-0.2, 0) is 9.53 Å². The van der Waals surface area contributed by atoms with Crippen molar-refractivity contribution in [1.82, 2.24) is 5.32 Å². The van der Waals surface area contributed by atoms with Gasteiger partial charge in [0.25, 0.3) is 5.91 Å². The van der Waals surface area contributed by atoms with Gasteiger partial charge in [-0.1, -0.05) is 19.9 Å². The van der Waals surface area contributed by atoms with E-state index in [1.165, 1.54) is 11.3 Å². The van der Waals surface area contributed by atoms with Gasteiger partial charge in [0, 0.05) is 0 Å². The number of carbonyl (C=O) groups excluding carboxylic acids is 2. The van der Waals surface area contributed by atoms with Crippen molar-refractivity contribution in [2.45, 2.75) is 33.2 Å². The third kappa shape index (κ3) is 4.87. The van der Waals surface area contributed by atoms with Crippen LogP contribution in [0.25, 0.3) is 0 Å². The second kappa shape index (κ2) is 7.16. The number of ether oxygens (including phenoxy) is 1. The average Bonchev–Trinajstić information content (AvgIpc) is 2.81. The van der Waals surface area contributed by atoms with Gasteiger partial charge in [-0.15, -0.1) is 11.3 Å². The van der Waals surface area contributed by atoms with E-state index in [0.717, 1.165) is 6.42 Å². The van der Waals surface area contributed by atoms with E-state index >= 15 is 0 Å². The molecule has 4 nitrogen and oxygen atoms in total. The highest BCUT2D eigenvalue weighted by Crippen LogP contribution is 2.08. The Bertz CT molecular complexity index is 387. The lowest BCUT2D eigenvalue weighted by Gasteiger charge is -2.13. The molecule has 0 saturated heterocycles. The molecule has 0 aliphatic heterocycles. The maximum absolute atomic E-state index is 11.7. The molecule has 1 rings (SSSR count). The van der Waals surface area contributed by atoms with Crippen molar-refractivity contribution in [2.75, 3.05) is 6.61 Å². The monoisotopic (exact) mass is 269 g/mol. The molecule has 1 aromatic heterocycles. The minimum Gasteiger partial charge on any atom is -0.464 e. The molecule has 0 radical (unpaired) electrons. The molecule has 0 aliphatic rings. The molecule has 0 fully saturated rings. The van der Waals surface area contributed by atoms with Crippen molar-refractivity contribution in [3.05, 3.63) is 22.4 Å². The molecular weight excluding hydrogens is 250 g/mol. The highest BCUT2D eigenvalue weighted by atomic mass is 32.1. The van der Waals surface area contributed by atoms with Crippen LogP contribution in [0.4, 0.5) is 0 Å². The Morgan fingerprint density at radius 1 is 1.39 bits per heavy atom. The van der Waals surface area contributed by atoms with Gasteiger partial charge in [-0.05, 0) is 30.7 Å². The third-order valence-electron chi connectivity index (χ3n) is 2.39. The Hall–Kier alpha value is -1.36. The molecular formula is C13H19NO3S. The van der Waals surface area contributed by atoms with Gasteiger partial charge in [-0.25, -0.2) is 4.79 Å². The van der Waals surface area contributed by atoms with Crippen LogP contribution in [0, 0.1) is 5.92 Å². The van der Waals surface area contributed by atoms with Gasteiger partial charge in [0.15, 0.2) is 0 Å². The van der Waals surface area contributed by atoms with Crippen LogP contribution in [0.1, 0.15) is 36.9 Å². The number of carbonyl (C=O) groups is 2. The molecule has 0 bridgehead atoms. The lowest BCUT2D eigenvalue weighted by atomic mass is 10.1. The molecule has 1 atom stereocenters. The van der Waals surface area contributed by atoms with Crippen molar-refractivity contribution in [2.24, 2.45) is 5.92 Å². The fourth-order valence-corrected chi connectivity index (χ4v) is 1.88. The van der Waals surface area contributed by atoms with Gasteiger partial charge in [0.05, 0.1) is 11.5 Å². The van der Waals surface area contributed by atoms with Crippen molar-refractivity contribution in [1.29, 1.82) is 0 Å². The lowest BCUT2D eigenvalue weighted by molar-refractivity contribution is -0.145. The van der Waals surface area contributed by atoms with Gasteiger partial charge >= 0.3 is 5.97 Å². The summed E-state index contributed by atoms with van der Waals surface area (Å²) in [4.78, 5) is 23.9. The van der Waals surface area contributed by atoms with Gasteiger partial charge in [0.1, 0.15) is 6.04 Å². The zero-order valence-corrected chi connectivity index (χ0v) is 11.8. The maximum Gasteiger partial charge on any atom is 0.328 e. The number of hydrogen-bond acceptors (Lipinski definition) is 4. The topological polar surface area (TPSA) is 55.4 Å². The first-order valence-corrected chi connectivity index (χ1v) is 6.89. The Kier molecular flexibility index (Phi) is 5.85. The average molecular weight is 269 g/mol. The summed E-state index contributed by atoms with van der Waals surface area (Å²) in [7, 11) is 0. The first-order valence-electron chi connectivity index (χ1n) is 6.01. The molecule has 1 amide bonds. The molecule has 0 saturated carbocycles. The molecule has 0 aromatic carbocycles. The number of amides is 1. The van der Waals surface area contributed by atoms with Crippen molar-refractivity contribution < 1.29 is 14.3 Å². The second-order valence-corrected chi connectivity index (χ2v) is 5.47. The summed E-state index contributed by atoms with van der Waals surface area (Å²) < 4.78 is 5.08. The zero-order chi connectivity index (χ0) is 13.5. The molecule has 1 aromatic rings. The van der Waals surface area contributed by atoms with Gasteiger partial charge < -0.3 is 10.1 Å². The quantitative estimate of drug-likeness (QED) is 0.807. The highest BCUT2D eigenvalue weighted by molar-refractivity contribution is 7.12. The largest absolute Gasteiger partial charge is 0.464 e. The van der Waals surface area contributed by atoms with Gasteiger partial charge in [0.2, 0.25) is 0 Å². The predicted octanol–water partition coefficient (Wildman–Crippen LogP) is 2.46. The summed E-state index contributed by atoms with van der Waals surface area (Å²) >= 11 is 1.34. The summed E-state index contributed by atoms with van der Waals surface area (Å²) in [6, 6.07) is 2.90. The fraction of sp³-hybridized carbons (Fsp3) is 0.538. The SMILES string of the molecule is CC(C)CCOC(=O)C(C)NC(=O)c1cccs1. The van der Waals surface area contributed by atoms with Crippen LogP contribution in [-0.4, -0.2) is 24.5 Å². The summed E-state index contributed by atoms with van der Waals surface area (Å²) in [5.41, 5.74) is 0. The minimum atomic E-state index is -0.619. The number of nitrogens with one attached hydrogen (secondary N) is 1. The Balaban J connectivity index is 2.33. The van der Waals surface area contributed by atoms with Crippen LogP contribution in [0.15, 0.2) is 17.5 Å². The summed E-state index contributed by atoms with van der Waals surface area (Å²) in [5.74, 6) is -0.132. The zero-order valence-electron chi connectivity index (χ0n) is 10.9. The van der Waals surface area contributed by atoms with Crippen LogP contribution in [0.2, 0.25) is 0 Å². The second-order valence-electron chi connectivity index (χ2n) is 4.52. The van der Waals surface area contributed by atoms with E-state index in [1.54, 1.807) is 19.1 Å². The molecule has 0 spiro atoms. The first-order chi connectivity index (χ1) is 8.50. The third-order valence-corrected chi connectivity index (χ3v) is 3.25. The van der Waals surface area contributed by atoms with Crippen molar-refractivity contribution in [3.63, 3.8) is 0 Å². The van der Waals surface area contributed by atoms with E-state index in [1.807, 2.05) is 5.38 Å². The number of thiophene rings is 1. The van der Waals surface area contributed by atoms with Gasteiger partial charge in [-0.3, -0.25) is 4.79 Å². The van der Waals surface area contributed by atoms with E-state index < -0.39 is 6.04 Å². The van der Waals surface area contributed by atoms with Gasteiger partial charge in [-0.2, -0.15) is 0 Å².